The Labute approximate surface area is 109 Å². The topological polar surface area (TPSA) is 62.1 Å². The molecule has 0 amide bonds. The summed E-state index contributed by atoms with van der Waals surface area (Å²) in [7, 11) is 0. The van der Waals surface area contributed by atoms with Crippen molar-refractivity contribution in [2.24, 2.45) is 0 Å². The average Bonchev–Trinajstić information content (AvgIpc) is 2.32. The summed E-state index contributed by atoms with van der Waals surface area (Å²) in [6, 6.07) is 5.66. The molecular weight excluding hydrogens is 259 g/mol. The molecule has 4 nitrogen and oxygen atoms in total. The van der Waals surface area contributed by atoms with Gasteiger partial charge in [-0.15, -0.1) is 0 Å². The van der Waals surface area contributed by atoms with Crippen LogP contribution >= 0.6 is 11.6 Å². The second kappa shape index (κ2) is 6.62. The van der Waals surface area contributed by atoms with Crippen LogP contribution in [0.4, 0.5) is 10.1 Å². The fraction of sp³-hybridized carbons (Fsp3) is 0.167. The summed E-state index contributed by atoms with van der Waals surface area (Å²) < 4.78 is 18.0. The van der Waals surface area contributed by atoms with Gasteiger partial charge in [0, 0.05) is 11.2 Å². The minimum absolute atomic E-state index is 0.108. The van der Waals surface area contributed by atoms with E-state index in [1.807, 2.05) is 0 Å². The molecule has 0 aliphatic rings. The van der Waals surface area contributed by atoms with Gasteiger partial charge in [0.1, 0.15) is 11.9 Å². The van der Waals surface area contributed by atoms with E-state index in [0.29, 0.717) is 0 Å². The first-order valence-electron chi connectivity index (χ1n) is 5.07. The number of halogens is 2. The first-order valence-corrected chi connectivity index (χ1v) is 5.45. The second-order valence-electron chi connectivity index (χ2n) is 3.16. The summed E-state index contributed by atoms with van der Waals surface area (Å²) in [5, 5.41) is 11.5. The van der Waals surface area contributed by atoms with E-state index in [-0.39, 0.29) is 22.9 Å². The molecule has 1 aromatic carbocycles. The third-order valence-electron chi connectivity index (χ3n) is 1.92. The molecule has 94 valence electrons. The number of nitriles is 1. The van der Waals surface area contributed by atoms with Crippen molar-refractivity contribution < 1.29 is 13.9 Å². The van der Waals surface area contributed by atoms with E-state index < -0.39 is 11.8 Å². The third kappa shape index (κ3) is 3.75. The van der Waals surface area contributed by atoms with Crippen LogP contribution in [0.25, 0.3) is 0 Å². The molecule has 6 heteroatoms. The number of rotatable bonds is 4. The molecular formula is C12H10ClFN2O2. The second-order valence-corrected chi connectivity index (χ2v) is 3.60. The lowest BCUT2D eigenvalue weighted by Crippen LogP contribution is -2.08. The van der Waals surface area contributed by atoms with Crippen molar-refractivity contribution >= 4 is 23.3 Å². The van der Waals surface area contributed by atoms with Gasteiger partial charge in [-0.05, 0) is 25.1 Å². The van der Waals surface area contributed by atoms with Gasteiger partial charge in [-0.25, -0.2) is 9.18 Å². The lowest BCUT2D eigenvalue weighted by molar-refractivity contribution is -0.138. The van der Waals surface area contributed by atoms with Crippen LogP contribution in [0.2, 0.25) is 5.02 Å². The van der Waals surface area contributed by atoms with E-state index in [1.165, 1.54) is 12.1 Å². The van der Waals surface area contributed by atoms with Gasteiger partial charge in [-0.3, -0.25) is 0 Å². The summed E-state index contributed by atoms with van der Waals surface area (Å²) in [5.41, 5.74) is -0.136. The van der Waals surface area contributed by atoms with Crippen molar-refractivity contribution in [1.29, 1.82) is 5.26 Å². The van der Waals surface area contributed by atoms with Crippen LogP contribution in [0.15, 0.2) is 30.0 Å². The van der Waals surface area contributed by atoms with Crippen LogP contribution in [0.3, 0.4) is 0 Å². The standard InChI is InChI=1S/C12H10ClFN2O2/c1-2-18-12(17)8(6-15)7-16-11-4-3-9(13)5-10(11)14/h3-5,7,16H,2H2,1H3. The lowest BCUT2D eigenvalue weighted by atomic mass is 10.3. The third-order valence-corrected chi connectivity index (χ3v) is 2.15. The monoisotopic (exact) mass is 268 g/mol. The Morgan fingerprint density at radius 3 is 2.94 bits per heavy atom. The van der Waals surface area contributed by atoms with E-state index in [0.717, 1.165) is 12.3 Å². The normalized spacial score (nSPS) is 10.7. The van der Waals surface area contributed by atoms with Crippen LogP contribution < -0.4 is 5.32 Å². The number of ether oxygens (including phenoxy) is 1. The zero-order valence-electron chi connectivity index (χ0n) is 9.54. The van der Waals surface area contributed by atoms with Crippen LogP contribution in [0.5, 0.6) is 0 Å². The number of hydrogen-bond acceptors (Lipinski definition) is 4. The van der Waals surface area contributed by atoms with E-state index >= 15 is 0 Å². The van der Waals surface area contributed by atoms with E-state index in [2.05, 4.69) is 10.1 Å². The van der Waals surface area contributed by atoms with Gasteiger partial charge in [0.05, 0.1) is 12.3 Å². The highest BCUT2D eigenvalue weighted by molar-refractivity contribution is 6.30. The SMILES string of the molecule is CCOC(=O)C(C#N)=CNc1ccc(Cl)cc1F. The first kappa shape index (κ1) is 14.0. The molecule has 0 fully saturated rings. The molecule has 18 heavy (non-hydrogen) atoms. The molecule has 0 atom stereocenters. The van der Waals surface area contributed by atoms with Gasteiger partial charge in [0.15, 0.2) is 5.57 Å². The van der Waals surface area contributed by atoms with Crippen molar-refractivity contribution in [3.8, 4) is 6.07 Å². The Kier molecular flexibility index (Phi) is 5.15. The molecule has 0 bridgehead atoms. The maximum atomic E-state index is 13.4. The van der Waals surface area contributed by atoms with Gasteiger partial charge >= 0.3 is 5.97 Å². The van der Waals surface area contributed by atoms with Crippen molar-refractivity contribution in [3.63, 3.8) is 0 Å². The Hall–Kier alpha value is -2.06. The van der Waals surface area contributed by atoms with Crippen LogP contribution in [0, 0.1) is 17.1 Å². The minimum Gasteiger partial charge on any atom is -0.462 e. The summed E-state index contributed by atoms with van der Waals surface area (Å²) in [4.78, 5) is 11.3. The quantitative estimate of drug-likeness (QED) is 0.518. The largest absolute Gasteiger partial charge is 0.462 e. The minimum atomic E-state index is -0.762. The molecule has 0 radical (unpaired) electrons. The highest BCUT2D eigenvalue weighted by Gasteiger charge is 2.09. The number of nitrogens with one attached hydrogen (secondary N) is 1. The van der Waals surface area contributed by atoms with E-state index in [9.17, 15) is 9.18 Å². The Morgan fingerprint density at radius 1 is 1.67 bits per heavy atom. The van der Waals surface area contributed by atoms with Crippen molar-refractivity contribution in [2.45, 2.75) is 6.92 Å². The van der Waals surface area contributed by atoms with Crippen molar-refractivity contribution in [3.05, 3.63) is 40.8 Å². The predicted molar refractivity (Wildman–Crippen MR) is 65.4 cm³/mol. The predicted octanol–water partition coefficient (Wildman–Crippen LogP) is 2.86. The Balaban J connectivity index is 2.84. The van der Waals surface area contributed by atoms with Gasteiger partial charge < -0.3 is 10.1 Å². The molecule has 0 spiro atoms. The zero-order valence-corrected chi connectivity index (χ0v) is 10.3. The fourth-order valence-corrected chi connectivity index (χ4v) is 1.26. The highest BCUT2D eigenvalue weighted by atomic mass is 35.5. The molecule has 1 aromatic rings. The number of anilines is 1. The van der Waals surface area contributed by atoms with E-state index in [4.69, 9.17) is 16.9 Å². The maximum absolute atomic E-state index is 13.4. The lowest BCUT2D eigenvalue weighted by Gasteiger charge is -2.04. The summed E-state index contributed by atoms with van der Waals surface area (Å²) in [6.45, 7) is 1.78. The first-order chi connectivity index (χ1) is 8.58. The molecule has 0 aliphatic heterocycles. The molecule has 0 saturated carbocycles. The Bertz CT molecular complexity index is 523. The number of carbonyl (C=O) groups excluding carboxylic acids is 1. The summed E-state index contributed by atoms with van der Waals surface area (Å²) in [6.07, 6.45) is 1.09. The fourth-order valence-electron chi connectivity index (χ4n) is 1.10. The number of benzene rings is 1. The summed E-state index contributed by atoms with van der Waals surface area (Å²) >= 11 is 5.59. The van der Waals surface area contributed by atoms with Crippen LogP contribution in [-0.2, 0) is 9.53 Å². The molecule has 0 aromatic heterocycles. The van der Waals surface area contributed by atoms with Crippen LogP contribution in [0.1, 0.15) is 6.92 Å². The molecule has 0 heterocycles. The smallest absolute Gasteiger partial charge is 0.350 e. The zero-order chi connectivity index (χ0) is 13.5. The number of carbonyl (C=O) groups is 1. The van der Waals surface area contributed by atoms with Crippen molar-refractivity contribution in [2.75, 3.05) is 11.9 Å². The maximum Gasteiger partial charge on any atom is 0.350 e. The van der Waals surface area contributed by atoms with Gasteiger partial charge in [0.2, 0.25) is 0 Å². The number of hydrogen-bond donors (Lipinski definition) is 1. The molecule has 0 saturated heterocycles. The number of esters is 1. The Morgan fingerprint density at radius 2 is 2.39 bits per heavy atom. The average molecular weight is 269 g/mol. The molecule has 1 N–H and O–H groups in total. The van der Waals surface area contributed by atoms with E-state index in [1.54, 1.807) is 13.0 Å². The van der Waals surface area contributed by atoms with Crippen molar-refractivity contribution in [1.82, 2.24) is 0 Å². The van der Waals surface area contributed by atoms with Gasteiger partial charge in [-0.1, -0.05) is 11.6 Å². The summed E-state index contributed by atoms with van der Waals surface area (Å²) in [5.74, 6) is -1.35. The van der Waals surface area contributed by atoms with Gasteiger partial charge in [0.25, 0.3) is 0 Å². The highest BCUT2D eigenvalue weighted by Crippen LogP contribution is 2.19. The van der Waals surface area contributed by atoms with Crippen LogP contribution in [-0.4, -0.2) is 12.6 Å². The number of nitrogens with zero attached hydrogens (tertiary/aromatic N) is 1. The molecule has 0 unspecified atom stereocenters. The molecule has 1 rings (SSSR count). The molecule has 0 aliphatic carbocycles. The van der Waals surface area contributed by atoms with Gasteiger partial charge in [-0.2, -0.15) is 5.26 Å².